The lowest BCUT2D eigenvalue weighted by molar-refractivity contribution is 0.0945. The minimum atomic E-state index is -0.293. The van der Waals surface area contributed by atoms with Gasteiger partial charge in [0.05, 0.1) is 14.2 Å². The van der Waals surface area contributed by atoms with Gasteiger partial charge in [0.1, 0.15) is 23.0 Å². The molecule has 7 nitrogen and oxygen atoms in total. The van der Waals surface area contributed by atoms with Crippen molar-refractivity contribution in [3.8, 4) is 11.5 Å². The molecule has 0 aliphatic rings. The number of nitrogens with zero attached hydrogens (tertiary/aromatic N) is 1. The Hall–Kier alpha value is -2.70. The lowest BCUT2D eigenvalue weighted by atomic mass is 10.2. The molecule has 2 aromatic rings. The molecule has 1 heterocycles. The van der Waals surface area contributed by atoms with Crippen LogP contribution in [0.5, 0.6) is 11.5 Å². The quantitative estimate of drug-likeness (QED) is 0.754. The average Bonchev–Trinajstić information content (AvgIpc) is 2.91. The number of hydrogen-bond donors (Lipinski definition) is 3. The van der Waals surface area contributed by atoms with Crippen LogP contribution < -0.4 is 20.5 Å². The van der Waals surface area contributed by atoms with E-state index in [4.69, 9.17) is 15.2 Å². The smallest absolute Gasteiger partial charge is 0.269 e. The predicted octanol–water partition coefficient (Wildman–Crippen LogP) is 0.939. The Morgan fingerprint density at radius 3 is 2.75 bits per heavy atom. The topological polar surface area (TPSA) is 102 Å². The molecule has 2 rings (SSSR count). The number of nitrogen functional groups attached to an aromatic ring is 1. The van der Waals surface area contributed by atoms with E-state index in [1.165, 1.54) is 6.07 Å². The summed E-state index contributed by atoms with van der Waals surface area (Å²) < 4.78 is 10.4. The van der Waals surface area contributed by atoms with Gasteiger partial charge in [-0.15, -0.1) is 0 Å². The molecule has 0 atom stereocenters. The molecule has 0 saturated heterocycles. The number of nitrogens with one attached hydrogen (secondary N) is 2. The maximum atomic E-state index is 11.9. The summed E-state index contributed by atoms with van der Waals surface area (Å²) in [6.45, 7) is 0.304. The Kier molecular flexibility index (Phi) is 4.09. The second-order valence-electron chi connectivity index (χ2n) is 4.07. The van der Waals surface area contributed by atoms with E-state index in [0.717, 1.165) is 5.56 Å². The van der Waals surface area contributed by atoms with Gasteiger partial charge in [-0.2, -0.15) is 5.10 Å². The molecule has 0 fully saturated rings. The summed E-state index contributed by atoms with van der Waals surface area (Å²) in [6.07, 6.45) is 0. The van der Waals surface area contributed by atoms with E-state index in [9.17, 15) is 4.79 Å². The van der Waals surface area contributed by atoms with Crippen molar-refractivity contribution < 1.29 is 14.3 Å². The summed E-state index contributed by atoms with van der Waals surface area (Å²) in [7, 11) is 3.15. The molecule has 0 radical (unpaired) electrons. The van der Waals surface area contributed by atoms with Gasteiger partial charge < -0.3 is 20.5 Å². The standard InChI is InChI=1S/C13H16N4O3/c1-19-9-3-4-11(20-2)8(5-9)7-15-13(18)10-6-12(14)17-16-10/h3-6H,7H2,1-2H3,(H,15,18)(H3,14,16,17). The number of carbonyl (C=O) groups is 1. The number of methoxy groups -OCH3 is 2. The molecular formula is C13H16N4O3. The number of H-pyrrole nitrogens is 1. The van der Waals surface area contributed by atoms with E-state index in [1.807, 2.05) is 0 Å². The molecule has 0 aliphatic carbocycles. The highest BCUT2D eigenvalue weighted by Crippen LogP contribution is 2.23. The highest BCUT2D eigenvalue weighted by Gasteiger charge is 2.10. The molecular weight excluding hydrogens is 260 g/mol. The number of hydrogen-bond acceptors (Lipinski definition) is 5. The van der Waals surface area contributed by atoms with Gasteiger partial charge in [0.25, 0.3) is 5.91 Å². The SMILES string of the molecule is COc1ccc(OC)c(CNC(=O)c2cc(N)n[nH]2)c1. The average molecular weight is 276 g/mol. The lowest BCUT2D eigenvalue weighted by Crippen LogP contribution is -2.23. The summed E-state index contributed by atoms with van der Waals surface area (Å²) in [5, 5.41) is 9.00. The zero-order valence-corrected chi connectivity index (χ0v) is 11.3. The van der Waals surface area contributed by atoms with Crippen LogP contribution in [0.3, 0.4) is 0 Å². The van der Waals surface area contributed by atoms with Crippen LogP contribution in [0.2, 0.25) is 0 Å². The summed E-state index contributed by atoms with van der Waals surface area (Å²) >= 11 is 0. The number of amides is 1. The van der Waals surface area contributed by atoms with Crippen molar-refractivity contribution in [2.75, 3.05) is 20.0 Å². The van der Waals surface area contributed by atoms with Crippen molar-refractivity contribution >= 4 is 11.7 Å². The molecule has 7 heteroatoms. The summed E-state index contributed by atoms with van der Waals surface area (Å²) in [5.41, 5.74) is 6.57. The van der Waals surface area contributed by atoms with Crippen molar-refractivity contribution in [1.29, 1.82) is 0 Å². The Labute approximate surface area is 116 Å². The van der Waals surface area contributed by atoms with Gasteiger partial charge >= 0.3 is 0 Å². The normalized spacial score (nSPS) is 10.1. The number of ether oxygens (including phenoxy) is 2. The Bertz CT molecular complexity index is 609. The number of carbonyl (C=O) groups excluding carboxylic acids is 1. The number of benzene rings is 1. The molecule has 0 unspecified atom stereocenters. The van der Waals surface area contributed by atoms with Gasteiger partial charge in [-0.25, -0.2) is 0 Å². The maximum Gasteiger partial charge on any atom is 0.269 e. The Morgan fingerprint density at radius 2 is 2.15 bits per heavy atom. The first-order valence-electron chi connectivity index (χ1n) is 5.94. The number of aromatic amines is 1. The second kappa shape index (κ2) is 5.96. The van der Waals surface area contributed by atoms with Crippen LogP contribution in [-0.4, -0.2) is 30.3 Å². The van der Waals surface area contributed by atoms with E-state index in [1.54, 1.807) is 32.4 Å². The van der Waals surface area contributed by atoms with Crippen LogP contribution in [0.15, 0.2) is 24.3 Å². The number of nitrogens with two attached hydrogens (primary N) is 1. The molecule has 106 valence electrons. The molecule has 0 aliphatic heterocycles. The minimum absolute atomic E-state index is 0.272. The summed E-state index contributed by atoms with van der Waals surface area (Å²) in [5.74, 6) is 1.35. The Morgan fingerprint density at radius 1 is 1.35 bits per heavy atom. The van der Waals surface area contributed by atoms with E-state index in [2.05, 4.69) is 15.5 Å². The highest BCUT2D eigenvalue weighted by atomic mass is 16.5. The van der Waals surface area contributed by atoms with Crippen molar-refractivity contribution in [1.82, 2.24) is 15.5 Å². The van der Waals surface area contributed by atoms with Crippen molar-refractivity contribution in [3.63, 3.8) is 0 Å². The molecule has 4 N–H and O–H groups in total. The van der Waals surface area contributed by atoms with Crippen molar-refractivity contribution in [2.45, 2.75) is 6.54 Å². The molecule has 1 amide bonds. The summed E-state index contributed by atoms with van der Waals surface area (Å²) in [6, 6.07) is 6.85. The lowest BCUT2D eigenvalue weighted by Gasteiger charge is -2.11. The molecule has 1 aromatic heterocycles. The van der Waals surface area contributed by atoms with Crippen LogP contribution in [0.4, 0.5) is 5.82 Å². The second-order valence-corrected chi connectivity index (χ2v) is 4.07. The third-order valence-electron chi connectivity index (χ3n) is 2.77. The number of rotatable bonds is 5. The fourth-order valence-corrected chi connectivity index (χ4v) is 1.74. The fraction of sp³-hybridized carbons (Fsp3) is 0.231. The number of anilines is 1. The maximum absolute atomic E-state index is 11.9. The fourth-order valence-electron chi connectivity index (χ4n) is 1.74. The molecule has 0 spiro atoms. The first kappa shape index (κ1) is 13.7. The van der Waals surface area contributed by atoms with Gasteiger partial charge in [0, 0.05) is 18.2 Å². The van der Waals surface area contributed by atoms with Gasteiger partial charge in [-0.1, -0.05) is 0 Å². The van der Waals surface area contributed by atoms with E-state index in [-0.39, 0.29) is 11.7 Å². The minimum Gasteiger partial charge on any atom is -0.497 e. The van der Waals surface area contributed by atoms with Crippen LogP contribution in [0.25, 0.3) is 0 Å². The van der Waals surface area contributed by atoms with Gasteiger partial charge in [-0.05, 0) is 18.2 Å². The van der Waals surface area contributed by atoms with Crippen LogP contribution >= 0.6 is 0 Å². The monoisotopic (exact) mass is 276 g/mol. The van der Waals surface area contributed by atoms with E-state index < -0.39 is 0 Å². The Balaban J connectivity index is 2.08. The zero-order valence-electron chi connectivity index (χ0n) is 11.3. The van der Waals surface area contributed by atoms with Crippen molar-refractivity contribution in [3.05, 3.63) is 35.5 Å². The first-order chi connectivity index (χ1) is 9.63. The molecule has 0 bridgehead atoms. The third-order valence-corrected chi connectivity index (χ3v) is 2.77. The van der Waals surface area contributed by atoms with E-state index >= 15 is 0 Å². The van der Waals surface area contributed by atoms with Gasteiger partial charge in [0.2, 0.25) is 0 Å². The van der Waals surface area contributed by atoms with Crippen LogP contribution in [0.1, 0.15) is 16.1 Å². The van der Waals surface area contributed by atoms with E-state index in [0.29, 0.717) is 23.7 Å². The van der Waals surface area contributed by atoms with Gasteiger partial charge in [-0.3, -0.25) is 9.89 Å². The zero-order chi connectivity index (χ0) is 14.5. The van der Waals surface area contributed by atoms with Crippen LogP contribution in [0, 0.1) is 0 Å². The third kappa shape index (κ3) is 3.00. The van der Waals surface area contributed by atoms with Crippen LogP contribution in [-0.2, 0) is 6.54 Å². The predicted molar refractivity (Wildman–Crippen MR) is 73.7 cm³/mol. The molecule has 1 aromatic carbocycles. The molecule has 20 heavy (non-hydrogen) atoms. The molecule has 0 saturated carbocycles. The highest BCUT2D eigenvalue weighted by molar-refractivity contribution is 5.92. The number of aromatic nitrogens is 2. The first-order valence-corrected chi connectivity index (χ1v) is 5.94. The van der Waals surface area contributed by atoms with Crippen molar-refractivity contribution in [2.24, 2.45) is 0 Å². The van der Waals surface area contributed by atoms with Gasteiger partial charge in [0.15, 0.2) is 0 Å². The summed E-state index contributed by atoms with van der Waals surface area (Å²) in [4.78, 5) is 11.9. The largest absolute Gasteiger partial charge is 0.497 e.